The maximum atomic E-state index is 13.1. The maximum absolute atomic E-state index is 13.1. The number of aromatic amines is 1. The molecule has 4 aromatic rings. The molecular formula is C21H18FN5O2. The molecule has 0 radical (unpaired) electrons. The Kier molecular flexibility index (Phi) is 4.90. The fourth-order valence-electron chi connectivity index (χ4n) is 2.97. The molecule has 0 fully saturated rings. The van der Waals surface area contributed by atoms with Gasteiger partial charge in [0.2, 0.25) is 0 Å². The molecule has 2 N–H and O–H groups in total. The Bertz CT molecular complexity index is 1240. The average Bonchev–Trinajstić information content (AvgIpc) is 3.13. The van der Waals surface area contributed by atoms with Crippen LogP contribution in [0.3, 0.4) is 0 Å². The molecule has 0 atom stereocenters. The normalized spacial score (nSPS) is 11.0. The topological polar surface area (TPSA) is 92.7 Å². The lowest BCUT2D eigenvalue weighted by Crippen LogP contribution is -2.26. The van der Waals surface area contributed by atoms with Crippen LogP contribution in [0.2, 0.25) is 0 Å². The van der Waals surface area contributed by atoms with Gasteiger partial charge in [-0.3, -0.25) is 9.59 Å². The quantitative estimate of drug-likeness (QED) is 0.544. The second-order valence-electron chi connectivity index (χ2n) is 6.56. The summed E-state index contributed by atoms with van der Waals surface area (Å²) in [5.74, 6) is -0.113. The minimum absolute atomic E-state index is 0.162. The SMILES string of the molecule is CCCn1nc(C(=O)Nc2ccc3nc(-c4ccc(F)cc4)[nH]c3c2)ccc1=O. The van der Waals surface area contributed by atoms with Gasteiger partial charge in [-0.25, -0.2) is 14.1 Å². The van der Waals surface area contributed by atoms with Gasteiger partial charge in [0.15, 0.2) is 0 Å². The molecule has 2 aromatic carbocycles. The minimum atomic E-state index is -0.410. The van der Waals surface area contributed by atoms with Gasteiger partial charge in [0.05, 0.1) is 11.0 Å². The van der Waals surface area contributed by atoms with E-state index in [4.69, 9.17) is 0 Å². The monoisotopic (exact) mass is 391 g/mol. The molecule has 0 spiro atoms. The van der Waals surface area contributed by atoms with Gasteiger partial charge in [-0.1, -0.05) is 6.92 Å². The van der Waals surface area contributed by atoms with Crippen molar-refractivity contribution < 1.29 is 9.18 Å². The summed E-state index contributed by atoms with van der Waals surface area (Å²) in [6, 6.07) is 14.1. The van der Waals surface area contributed by atoms with E-state index < -0.39 is 5.91 Å². The number of benzene rings is 2. The Labute approximate surface area is 165 Å². The van der Waals surface area contributed by atoms with E-state index in [1.54, 1.807) is 30.3 Å². The molecule has 0 aliphatic rings. The lowest BCUT2D eigenvalue weighted by molar-refractivity contribution is 0.102. The number of H-pyrrole nitrogens is 1. The van der Waals surface area contributed by atoms with Crippen LogP contribution in [-0.4, -0.2) is 25.7 Å². The van der Waals surface area contributed by atoms with E-state index in [9.17, 15) is 14.0 Å². The molecule has 0 saturated carbocycles. The minimum Gasteiger partial charge on any atom is -0.338 e. The Morgan fingerprint density at radius 1 is 1.14 bits per heavy atom. The highest BCUT2D eigenvalue weighted by Crippen LogP contribution is 2.23. The van der Waals surface area contributed by atoms with Crippen molar-refractivity contribution in [2.24, 2.45) is 0 Å². The number of fused-ring (bicyclic) bond motifs is 1. The number of halogens is 1. The summed E-state index contributed by atoms with van der Waals surface area (Å²) in [5, 5.41) is 6.89. The molecule has 146 valence electrons. The van der Waals surface area contributed by atoms with E-state index in [1.165, 1.54) is 28.9 Å². The van der Waals surface area contributed by atoms with Crippen LogP contribution in [0.4, 0.5) is 10.1 Å². The number of carbonyl (C=O) groups is 1. The summed E-state index contributed by atoms with van der Waals surface area (Å²) in [4.78, 5) is 32.0. The highest BCUT2D eigenvalue weighted by atomic mass is 19.1. The molecule has 1 amide bonds. The fraction of sp³-hybridized carbons (Fsp3) is 0.143. The van der Waals surface area contributed by atoms with Gasteiger partial charge in [0.25, 0.3) is 11.5 Å². The van der Waals surface area contributed by atoms with Gasteiger partial charge in [-0.05, 0) is 55.0 Å². The summed E-state index contributed by atoms with van der Waals surface area (Å²) in [6.07, 6.45) is 0.741. The first kappa shape index (κ1) is 18.5. The predicted molar refractivity (Wildman–Crippen MR) is 108 cm³/mol. The second-order valence-corrected chi connectivity index (χ2v) is 6.56. The van der Waals surface area contributed by atoms with E-state index in [2.05, 4.69) is 20.4 Å². The smallest absolute Gasteiger partial charge is 0.276 e. The summed E-state index contributed by atoms with van der Waals surface area (Å²) in [5.41, 5.74) is 2.69. The third kappa shape index (κ3) is 3.91. The van der Waals surface area contributed by atoms with Crippen molar-refractivity contribution in [3.05, 3.63) is 76.5 Å². The Morgan fingerprint density at radius 2 is 1.93 bits per heavy atom. The number of rotatable bonds is 5. The van der Waals surface area contributed by atoms with Crippen LogP contribution in [0.5, 0.6) is 0 Å². The molecule has 0 aliphatic carbocycles. The number of aromatic nitrogens is 4. The number of carbonyl (C=O) groups excluding carboxylic acids is 1. The van der Waals surface area contributed by atoms with Crippen molar-refractivity contribution in [3.63, 3.8) is 0 Å². The Hall–Kier alpha value is -3.81. The number of anilines is 1. The number of amides is 1. The Morgan fingerprint density at radius 3 is 2.69 bits per heavy atom. The molecule has 29 heavy (non-hydrogen) atoms. The van der Waals surface area contributed by atoms with Gasteiger partial charge in [-0.15, -0.1) is 0 Å². The van der Waals surface area contributed by atoms with Crippen LogP contribution in [-0.2, 0) is 6.54 Å². The molecule has 4 rings (SSSR count). The summed E-state index contributed by atoms with van der Waals surface area (Å²) >= 11 is 0. The summed E-state index contributed by atoms with van der Waals surface area (Å²) in [7, 11) is 0. The van der Waals surface area contributed by atoms with Crippen LogP contribution in [0.25, 0.3) is 22.4 Å². The number of aryl methyl sites for hydroxylation is 1. The summed E-state index contributed by atoms with van der Waals surface area (Å²) < 4.78 is 14.4. The Balaban J connectivity index is 1.58. The van der Waals surface area contributed by atoms with Crippen LogP contribution in [0, 0.1) is 5.82 Å². The molecule has 2 heterocycles. The van der Waals surface area contributed by atoms with Gasteiger partial charge >= 0.3 is 0 Å². The molecule has 0 bridgehead atoms. The average molecular weight is 391 g/mol. The third-order valence-electron chi connectivity index (χ3n) is 4.39. The second kappa shape index (κ2) is 7.67. The number of nitrogens with zero attached hydrogens (tertiary/aromatic N) is 3. The molecule has 8 heteroatoms. The van der Waals surface area contributed by atoms with E-state index >= 15 is 0 Å². The standard InChI is InChI=1S/C21H18FN5O2/c1-2-11-27-19(28)10-9-17(26-27)21(29)23-15-7-8-16-18(12-15)25-20(24-16)13-3-5-14(22)6-4-13/h3-10,12H,2,11H2,1H3,(H,23,29)(H,24,25). The van der Waals surface area contributed by atoms with Gasteiger partial charge in [-0.2, -0.15) is 5.10 Å². The first-order valence-electron chi connectivity index (χ1n) is 9.19. The third-order valence-corrected chi connectivity index (χ3v) is 4.39. The molecule has 0 aliphatic heterocycles. The van der Waals surface area contributed by atoms with Gasteiger partial charge < -0.3 is 10.3 Å². The first-order valence-corrected chi connectivity index (χ1v) is 9.19. The highest BCUT2D eigenvalue weighted by Gasteiger charge is 2.12. The van der Waals surface area contributed by atoms with Crippen molar-refractivity contribution in [1.82, 2.24) is 19.7 Å². The van der Waals surface area contributed by atoms with Crippen LogP contribution >= 0.6 is 0 Å². The van der Waals surface area contributed by atoms with E-state index in [0.29, 0.717) is 18.1 Å². The van der Waals surface area contributed by atoms with E-state index in [0.717, 1.165) is 23.0 Å². The summed E-state index contributed by atoms with van der Waals surface area (Å²) in [6.45, 7) is 2.38. The van der Waals surface area contributed by atoms with E-state index in [1.807, 2.05) is 6.92 Å². The van der Waals surface area contributed by atoms with Crippen molar-refractivity contribution in [2.75, 3.05) is 5.32 Å². The van der Waals surface area contributed by atoms with Gasteiger partial charge in [0, 0.05) is 23.9 Å². The highest BCUT2D eigenvalue weighted by molar-refractivity contribution is 6.03. The van der Waals surface area contributed by atoms with Crippen molar-refractivity contribution >= 4 is 22.6 Å². The lowest BCUT2D eigenvalue weighted by atomic mass is 10.2. The lowest BCUT2D eigenvalue weighted by Gasteiger charge is -2.07. The van der Waals surface area contributed by atoms with Crippen LogP contribution < -0.4 is 10.9 Å². The van der Waals surface area contributed by atoms with Crippen LogP contribution in [0.15, 0.2) is 59.4 Å². The number of hydrogen-bond acceptors (Lipinski definition) is 4. The van der Waals surface area contributed by atoms with E-state index in [-0.39, 0.29) is 17.1 Å². The predicted octanol–water partition coefficient (Wildman–Crippen LogP) is 3.59. The maximum Gasteiger partial charge on any atom is 0.276 e. The molecule has 0 unspecified atom stereocenters. The van der Waals surface area contributed by atoms with Crippen molar-refractivity contribution in [1.29, 1.82) is 0 Å². The van der Waals surface area contributed by atoms with Gasteiger partial charge in [0.1, 0.15) is 17.3 Å². The van der Waals surface area contributed by atoms with Crippen molar-refractivity contribution in [3.8, 4) is 11.4 Å². The number of hydrogen-bond donors (Lipinski definition) is 2. The largest absolute Gasteiger partial charge is 0.338 e. The zero-order chi connectivity index (χ0) is 20.4. The molecule has 0 saturated heterocycles. The zero-order valence-corrected chi connectivity index (χ0v) is 15.6. The number of nitrogens with one attached hydrogen (secondary N) is 2. The zero-order valence-electron chi connectivity index (χ0n) is 15.6. The van der Waals surface area contributed by atoms with Crippen molar-refractivity contribution in [2.45, 2.75) is 19.9 Å². The van der Waals surface area contributed by atoms with Crippen LogP contribution in [0.1, 0.15) is 23.8 Å². The fourth-order valence-corrected chi connectivity index (χ4v) is 2.97. The molecular weight excluding hydrogens is 373 g/mol. The molecule has 7 nitrogen and oxygen atoms in total. The first-order chi connectivity index (χ1) is 14.0. The number of imidazole rings is 1. The molecule has 2 aromatic heterocycles.